The first-order valence-electron chi connectivity index (χ1n) is 8.52. The van der Waals surface area contributed by atoms with E-state index in [1.807, 2.05) is 0 Å². The molecule has 0 radical (unpaired) electrons. The van der Waals surface area contributed by atoms with Crippen LogP contribution in [0.3, 0.4) is 0 Å². The third-order valence-corrected chi connectivity index (χ3v) is 2.40. The second-order valence-electron chi connectivity index (χ2n) is 3.60. The lowest BCUT2D eigenvalue weighted by Crippen LogP contribution is -2.01. The van der Waals surface area contributed by atoms with Crippen LogP contribution in [0.4, 0.5) is 0 Å². The van der Waals surface area contributed by atoms with Crippen LogP contribution < -0.4 is 4.74 Å². The normalized spacial score (nSPS) is 16.5. The van der Waals surface area contributed by atoms with Crippen LogP contribution in [0.5, 0.6) is 5.75 Å². The van der Waals surface area contributed by atoms with Gasteiger partial charge in [0.25, 0.3) is 0 Å². The Kier molecular flexibility index (Phi) is 2.25. The molecule has 0 aliphatic heterocycles. The Morgan fingerprint density at radius 2 is 2.11 bits per heavy atom. The molecule has 0 spiro atoms. The van der Waals surface area contributed by atoms with E-state index in [9.17, 15) is 4.79 Å². The molecule has 0 saturated carbocycles. The Morgan fingerprint density at radius 3 is 2.83 bits per heavy atom. The van der Waals surface area contributed by atoms with Crippen LogP contribution in [0.2, 0.25) is 0 Å². The number of Topliss-reactive ketones (excluding diaryl/α,β-unsaturated/α-hetero) is 1. The van der Waals surface area contributed by atoms with Crippen molar-refractivity contribution in [2.75, 3.05) is 7.11 Å². The van der Waals surface area contributed by atoms with Crippen LogP contribution in [0.25, 0.3) is 0 Å². The van der Waals surface area contributed by atoms with Crippen molar-refractivity contribution in [2.45, 2.75) is 12.8 Å². The molecule has 0 saturated heterocycles. The highest BCUT2D eigenvalue weighted by Gasteiger charge is 2.06. The minimum atomic E-state index is -1.25. The van der Waals surface area contributed by atoms with Gasteiger partial charge in [-0.15, -0.1) is 0 Å². The SMILES string of the molecule is [2H]c1c([2H])c([2H])c(C([2H])CC(=O)c2cccc(OC)c2)c([2H])c1[2H]. The van der Waals surface area contributed by atoms with Gasteiger partial charge in [0.2, 0.25) is 0 Å². The van der Waals surface area contributed by atoms with Gasteiger partial charge in [0, 0.05) is 13.4 Å². The summed E-state index contributed by atoms with van der Waals surface area (Å²) in [4.78, 5) is 12.3. The molecule has 0 aliphatic rings. The van der Waals surface area contributed by atoms with Crippen LogP contribution in [0.15, 0.2) is 54.5 Å². The molecule has 1 atom stereocenters. The van der Waals surface area contributed by atoms with Crippen LogP contribution >= 0.6 is 0 Å². The van der Waals surface area contributed by atoms with Gasteiger partial charge in [0.15, 0.2) is 5.78 Å². The van der Waals surface area contributed by atoms with E-state index in [2.05, 4.69) is 0 Å². The molecule has 0 aromatic heterocycles. The molecule has 0 heterocycles. The van der Waals surface area contributed by atoms with E-state index in [1.54, 1.807) is 18.2 Å². The van der Waals surface area contributed by atoms with E-state index in [0.29, 0.717) is 11.3 Å². The molecule has 2 nitrogen and oxygen atoms in total. The van der Waals surface area contributed by atoms with Crippen molar-refractivity contribution in [3.8, 4) is 5.75 Å². The molecule has 0 aliphatic carbocycles. The smallest absolute Gasteiger partial charge is 0.163 e. The molecule has 0 N–H and O–H groups in total. The molecule has 18 heavy (non-hydrogen) atoms. The Labute approximate surface area is 116 Å². The fourth-order valence-electron chi connectivity index (χ4n) is 1.47. The third-order valence-electron chi connectivity index (χ3n) is 2.40. The van der Waals surface area contributed by atoms with Gasteiger partial charge in [-0.3, -0.25) is 4.79 Å². The highest BCUT2D eigenvalue weighted by molar-refractivity contribution is 5.96. The number of benzene rings is 2. The van der Waals surface area contributed by atoms with Crippen LogP contribution in [0.1, 0.15) is 30.6 Å². The standard InChI is InChI=1S/C16H16O2/c1-18-15-9-5-8-14(12-15)16(17)11-10-13-6-3-2-4-7-13/h2-9,12H,10-11H2,1H3/i2D,3D,4D,6D,7D,10D. The number of ether oxygens (including phenoxy) is 1. The zero-order chi connectivity index (χ0) is 18.0. The number of hydrogen-bond acceptors (Lipinski definition) is 2. The average molecular weight is 246 g/mol. The Bertz CT molecular complexity index is 761. The van der Waals surface area contributed by atoms with Gasteiger partial charge in [0.1, 0.15) is 5.75 Å². The molecule has 2 heteroatoms. The van der Waals surface area contributed by atoms with E-state index in [0.717, 1.165) is 0 Å². The summed E-state index contributed by atoms with van der Waals surface area (Å²) >= 11 is 0. The highest BCUT2D eigenvalue weighted by Crippen LogP contribution is 2.15. The molecule has 2 rings (SSSR count). The lowest BCUT2D eigenvalue weighted by Gasteiger charge is -2.04. The Morgan fingerprint density at radius 1 is 1.33 bits per heavy atom. The van der Waals surface area contributed by atoms with Crippen molar-refractivity contribution in [1.29, 1.82) is 0 Å². The van der Waals surface area contributed by atoms with E-state index in [4.69, 9.17) is 13.0 Å². The highest BCUT2D eigenvalue weighted by atomic mass is 16.5. The van der Waals surface area contributed by atoms with Gasteiger partial charge in [0.05, 0.1) is 14.0 Å². The van der Waals surface area contributed by atoms with Crippen molar-refractivity contribution in [2.24, 2.45) is 0 Å². The van der Waals surface area contributed by atoms with Gasteiger partial charge in [-0.05, 0) is 24.1 Å². The lowest BCUT2D eigenvalue weighted by atomic mass is 10.0. The van der Waals surface area contributed by atoms with Gasteiger partial charge in [-0.2, -0.15) is 0 Å². The summed E-state index contributed by atoms with van der Waals surface area (Å²) in [7, 11) is 1.48. The first-order chi connectivity index (χ1) is 11.3. The van der Waals surface area contributed by atoms with Crippen LogP contribution in [-0.2, 0) is 6.40 Å². The molecule has 0 amide bonds. The molecule has 0 fully saturated rings. The minimum Gasteiger partial charge on any atom is -0.497 e. The van der Waals surface area contributed by atoms with Gasteiger partial charge in [-0.1, -0.05) is 42.3 Å². The molecule has 92 valence electrons. The number of hydrogen-bond donors (Lipinski definition) is 0. The summed E-state index contributed by atoms with van der Waals surface area (Å²) < 4.78 is 51.7. The van der Waals surface area contributed by atoms with E-state index in [1.165, 1.54) is 13.2 Å². The average Bonchev–Trinajstić information content (AvgIpc) is 2.58. The second-order valence-corrected chi connectivity index (χ2v) is 3.60. The topological polar surface area (TPSA) is 26.3 Å². The first kappa shape index (κ1) is 6.74. The third kappa shape index (κ3) is 3.20. The monoisotopic (exact) mass is 246 g/mol. The maximum atomic E-state index is 12.3. The number of carbonyl (C=O) groups is 1. The summed E-state index contributed by atoms with van der Waals surface area (Å²) in [5, 5.41) is 0. The van der Waals surface area contributed by atoms with E-state index in [-0.39, 0.29) is 17.8 Å². The summed E-state index contributed by atoms with van der Waals surface area (Å²) in [5.74, 6) is 0.144. The van der Waals surface area contributed by atoms with Crippen molar-refractivity contribution in [3.05, 3.63) is 65.6 Å². The summed E-state index contributed by atoms with van der Waals surface area (Å²) in [6.45, 7) is 0. The van der Waals surface area contributed by atoms with Crippen molar-refractivity contribution in [1.82, 2.24) is 0 Å². The fraction of sp³-hybridized carbons (Fsp3) is 0.188. The number of methoxy groups -OCH3 is 1. The molecule has 2 aromatic rings. The minimum absolute atomic E-state index is 0.169. The first-order valence-corrected chi connectivity index (χ1v) is 5.44. The molecular formula is C16H16O2. The summed E-state index contributed by atoms with van der Waals surface area (Å²) in [6.07, 6.45) is -1.54. The van der Waals surface area contributed by atoms with E-state index >= 15 is 0 Å². The number of rotatable bonds is 5. The second kappa shape index (κ2) is 6.01. The zero-order valence-corrected chi connectivity index (χ0v) is 9.91. The predicted molar refractivity (Wildman–Crippen MR) is 72.1 cm³/mol. The number of carbonyl (C=O) groups excluding carboxylic acids is 1. The summed E-state index contributed by atoms with van der Waals surface area (Å²) in [6, 6.07) is 4.05. The van der Waals surface area contributed by atoms with Crippen molar-refractivity contribution < 1.29 is 17.8 Å². The quantitative estimate of drug-likeness (QED) is 0.755. The maximum absolute atomic E-state index is 12.3. The van der Waals surface area contributed by atoms with Crippen LogP contribution in [0, 0.1) is 0 Å². The maximum Gasteiger partial charge on any atom is 0.163 e. The largest absolute Gasteiger partial charge is 0.497 e. The molecule has 2 aromatic carbocycles. The van der Waals surface area contributed by atoms with Crippen molar-refractivity contribution >= 4 is 5.78 Å². The van der Waals surface area contributed by atoms with Crippen molar-refractivity contribution in [3.63, 3.8) is 0 Å². The van der Waals surface area contributed by atoms with Gasteiger partial charge >= 0.3 is 0 Å². The van der Waals surface area contributed by atoms with Crippen LogP contribution in [-0.4, -0.2) is 12.9 Å². The predicted octanol–water partition coefficient (Wildman–Crippen LogP) is 3.51. The Balaban J connectivity index is 2.33. The fourth-order valence-corrected chi connectivity index (χ4v) is 1.47. The lowest BCUT2D eigenvalue weighted by molar-refractivity contribution is 0.0982. The zero-order valence-electron chi connectivity index (χ0n) is 15.9. The number of ketones is 1. The molecule has 1 unspecified atom stereocenters. The molecular weight excluding hydrogens is 224 g/mol. The van der Waals surface area contributed by atoms with Gasteiger partial charge < -0.3 is 4.74 Å². The summed E-state index contributed by atoms with van der Waals surface area (Å²) in [5.41, 5.74) is 0.177. The molecule has 0 bridgehead atoms. The van der Waals surface area contributed by atoms with Gasteiger partial charge in [-0.25, -0.2) is 0 Å². The Hall–Kier alpha value is -2.09. The van der Waals surface area contributed by atoms with E-state index < -0.39 is 36.6 Å².